The van der Waals surface area contributed by atoms with Crippen LogP contribution in [-0.4, -0.2) is 52.4 Å². The van der Waals surface area contributed by atoms with Gasteiger partial charge < -0.3 is 14.9 Å². The van der Waals surface area contributed by atoms with Gasteiger partial charge in [0.25, 0.3) is 5.56 Å². The van der Waals surface area contributed by atoms with Gasteiger partial charge in [0.2, 0.25) is 0 Å². The fraction of sp³-hybridized carbons (Fsp3) is 0.450. The second kappa shape index (κ2) is 7.18. The lowest BCUT2D eigenvalue weighted by Crippen LogP contribution is -2.46. The van der Waals surface area contributed by atoms with Gasteiger partial charge in [0.15, 0.2) is 5.13 Å². The van der Waals surface area contributed by atoms with Crippen molar-refractivity contribution in [2.45, 2.75) is 25.8 Å². The second-order valence-corrected chi connectivity index (χ2v) is 8.42. The Morgan fingerprint density at radius 3 is 2.71 bits per heavy atom. The highest BCUT2D eigenvalue weighted by Crippen LogP contribution is 2.33. The van der Waals surface area contributed by atoms with Gasteiger partial charge in [-0.15, -0.1) is 11.3 Å². The highest BCUT2D eigenvalue weighted by atomic mass is 32.1. The minimum Gasteiger partial charge on any atom is -0.395 e. The third kappa shape index (κ3) is 3.06. The number of aryl methyl sites for hydroxylation is 2. The number of aliphatic hydroxyl groups is 1. The largest absolute Gasteiger partial charge is 0.395 e. The molecule has 28 heavy (non-hydrogen) atoms. The van der Waals surface area contributed by atoms with Crippen LogP contribution in [0.15, 0.2) is 29.3 Å². The summed E-state index contributed by atoms with van der Waals surface area (Å²) in [5, 5.41) is 10.8. The van der Waals surface area contributed by atoms with Crippen molar-refractivity contribution in [3.05, 3.63) is 45.5 Å². The average molecular weight is 398 g/mol. The molecule has 0 amide bonds. The summed E-state index contributed by atoms with van der Waals surface area (Å²) in [5.74, 6) is 0. The fourth-order valence-corrected chi connectivity index (χ4v) is 5.28. The van der Waals surface area contributed by atoms with Crippen molar-refractivity contribution in [1.82, 2.24) is 14.5 Å². The first-order valence-corrected chi connectivity index (χ1v) is 10.6. The number of hydrogen-bond acceptors (Lipinski definition) is 7. The maximum absolute atomic E-state index is 12.5. The van der Waals surface area contributed by atoms with E-state index in [1.807, 2.05) is 29.5 Å². The van der Waals surface area contributed by atoms with Gasteiger partial charge in [0.05, 0.1) is 36.1 Å². The van der Waals surface area contributed by atoms with Gasteiger partial charge in [-0.2, -0.15) is 0 Å². The number of benzene rings is 1. The lowest BCUT2D eigenvalue weighted by atomic mass is 10.2. The van der Waals surface area contributed by atoms with Crippen LogP contribution in [0.5, 0.6) is 0 Å². The Hall–Kier alpha value is -2.45. The first-order chi connectivity index (χ1) is 13.7. The summed E-state index contributed by atoms with van der Waals surface area (Å²) in [6, 6.07) is 5.85. The van der Waals surface area contributed by atoms with Crippen LogP contribution in [0.1, 0.15) is 17.0 Å². The molecule has 7 nitrogen and oxygen atoms in total. The van der Waals surface area contributed by atoms with Crippen molar-refractivity contribution in [2.24, 2.45) is 0 Å². The summed E-state index contributed by atoms with van der Waals surface area (Å²) in [7, 11) is 0. The van der Waals surface area contributed by atoms with Crippen LogP contribution >= 0.6 is 11.3 Å². The highest BCUT2D eigenvalue weighted by Gasteiger charge is 2.23. The van der Waals surface area contributed by atoms with Gasteiger partial charge in [-0.1, -0.05) is 0 Å². The number of nitrogens with zero attached hydrogens (tertiary/aromatic N) is 5. The number of aliphatic hydroxyl groups excluding tert-OH is 1. The minimum absolute atomic E-state index is 0.0719. The van der Waals surface area contributed by atoms with Crippen molar-refractivity contribution >= 4 is 33.1 Å². The van der Waals surface area contributed by atoms with Crippen molar-refractivity contribution < 1.29 is 5.11 Å². The zero-order chi connectivity index (χ0) is 19.1. The molecule has 1 N–H and O–H groups in total. The molecule has 0 unspecified atom stereocenters. The molecule has 1 aliphatic heterocycles. The Kier molecular flexibility index (Phi) is 4.52. The van der Waals surface area contributed by atoms with Gasteiger partial charge in [0, 0.05) is 36.7 Å². The molecule has 1 fully saturated rings. The molecule has 2 aromatic heterocycles. The normalized spacial score (nSPS) is 16.8. The molecule has 8 heteroatoms. The van der Waals surface area contributed by atoms with Gasteiger partial charge in [-0.25, -0.2) is 9.97 Å². The van der Waals surface area contributed by atoms with Crippen molar-refractivity contribution in [3.8, 4) is 0 Å². The molecule has 0 bridgehead atoms. The third-order valence-electron chi connectivity index (χ3n) is 5.65. The van der Waals surface area contributed by atoms with Crippen molar-refractivity contribution in [1.29, 1.82) is 0 Å². The highest BCUT2D eigenvalue weighted by molar-refractivity contribution is 7.15. The summed E-state index contributed by atoms with van der Waals surface area (Å²) in [6.07, 6.45) is 5.10. The molecule has 0 saturated carbocycles. The summed E-state index contributed by atoms with van der Waals surface area (Å²) >= 11 is 1.87. The molecule has 5 rings (SSSR count). The Balaban J connectivity index is 1.32. The monoisotopic (exact) mass is 397 g/mol. The van der Waals surface area contributed by atoms with Gasteiger partial charge in [-0.3, -0.25) is 9.36 Å². The van der Waals surface area contributed by atoms with Crippen LogP contribution in [0.2, 0.25) is 0 Å². The second-order valence-electron chi connectivity index (χ2n) is 7.36. The number of hydrogen-bond donors (Lipinski definition) is 1. The number of thiazole rings is 1. The molecule has 146 valence electrons. The van der Waals surface area contributed by atoms with Crippen molar-refractivity contribution in [2.75, 3.05) is 42.6 Å². The molecular formula is C20H23N5O2S. The SMILES string of the molecule is O=c1c2ccc(N3CCN(c4nc5c(s4)CCC5)CC3)cc2ncn1CCO. The molecule has 1 aromatic carbocycles. The van der Waals surface area contributed by atoms with Gasteiger partial charge >= 0.3 is 0 Å². The maximum atomic E-state index is 12.5. The molecule has 0 spiro atoms. The van der Waals surface area contributed by atoms with E-state index in [0.717, 1.165) is 38.3 Å². The zero-order valence-corrected chi connectivity index (χ0v) is 16.5. The predicted octanol–water partition coefficient (Wildman–Crippen LogP) is 1.66. The van der Waals surface area contributed by atoms with E-state index in [1.54, 1.807) is 0 Å². The van der Waals surface area contributed by atoms with Crippen LogP contribution in [0.3, 0.4) is 0 Å². The van der Waals surface area contributed by atoms with Gasteiger partial charge in [-0.05, 0) is 37.5 Å². The molecule has 3 aromatic rings. The molecule has 3 heterocycles. The Bertz CT molecular complexity index is 1050. The van der Waals surface area contributed by atoms with E-state index in [9.17, 15) is 4.79 Å². The van der Waals surface area contributed by atoms with Gasteiger partial charge in [0.1, 0.15) is 0 Å². The molecule has 0 radical (unpaired) electrons. The van der Waals surface area contributed by atoms with Crippen molar-refractivity contribution in [3.63, 3.8) is 0 Å². The van der Waals surface area contributed by atoms with E-state index in [4.69, 9.17) is 10.1 Å². The van der Waals surface area contributed by atoms with Crippen LogP contribution in [0.25, 0.3) is 10.9 Å². The van der Waals surface area contributed by atoms with E-state index in [-0.39, 0.29) is 18.7 Å². The smallest absolute Gasteiger partial charge is 0.261 e. The zero-order valence-electron chi connectivity index (χ0n) is 15.7. The van der Waals surface area contributed by atoms with Crippen LogP contribution < -0.4 is 15.4 Å². The van der Waals surface area contributed by atoms with Crippen LogP contribution in [0.4, 0.5) is 10.8 Å². The quantitative estimate of drug-likeness (QED) is 0.722. The lowest BCUT2D eigenvalue weighted by molar-refractivity contribution is 0.274. The average Bonchev–Trinajstić information content (AvgIpc) is 3.32. The molecule has 1 saturated heterocycles. The maximum Gasteiger partial charge on any atom is 0.261 e. The predicted molar refractivity (Wildman–Crippen MR) is 112 cm³/mol. The van der Waals surface area contributed by atoms with E-state index < -0.39 is 0 Å². The summed E-state index contributed by atoms with van der Waals surface area (Å²) in [5.41, 5.74) is 3.01. The van der Waals surface area contributed by atoms with E-state index in [2.05, 4.69) is 14.8 Å². The molecular weight excluding hydrogens is 374 g/mol. The number of fused-ring (bicyclic) bond motifs is 2. The standard InChI is InChI=1S/C20H23N5O2S/c26-11-10-25-13-21-17-12-14(4-5-15(17)19(25)27)23-6-8-24(9-7-23)20-22-16-2-1-3-18(16)28-20/h4-5,12-13,26H,1-3,6-11H2. The molecule has 1 aliphatic carbocycles. The molecule has 2 aliphatic rings. The topological polar surface area (TPSA) is 74.5 Å². The fourth-order valence-electron chi connectivity index (χ4n) is 4.08. The van der Waals surface area contributed by atoms with Crippen LogP contribution in [-0.2, 0) is 19.4 Å². The number of rotatable bonds is 4. The van der Waals surface area contributed by atoms with E-state index in [1.165, 1.54) is 39.4 Å². The van der Waals surface area contributed by atoms with E-state index >= 15 is 0 Å². The van der Waals surface area contributed by atoms with Crippen LogP contribution in [0, 0.1) is 0 Å². The first kappa shape index (κ1) is 17.6. The Morgan fingerprint density at radius 2 is 1.93 bits per heavy atom. The lowest BCUT2D eigenvalue weighted by Gasteiger charge is -2.36. The minimum atomic E-state index is -0.104. The van der Waals surface area contributed by atoms with E-state index in [0.29, 0.717) is 10.9 Å². The summed E-state index contributed by atoms with van der Waals surface area (Å²) in [6.45, 7) is 3.96. The summed E-state index contributed by atoms with van der Waals surface area (Å²) < 4.78 is 1.45. The first-order valence-electron chi connectivity index (χ1n) is 9.81. The number of anilines is 2. The summed E-state index contributed by atoms with van der Waals surface area (Å²) in [4.78, 5) is 27.9. The number of aromatic nitrogens is 3. The third-order valence-corrected chi connectivity index (χ3v) is 6.87. The Labute approximate surface area is 166 Å². The number of piperazine rings is 1. The molecule has 0 atom stereocenters. The Morgan fingerprint density at radius 1 is 1.11 bits per heavy atom.